The maximum Gasteiger partial charge on any atom is 0.386 e. The van der Waals surface area contributed by atoms with Crippen LogP contribution < -0.4 is 50.6 Å². The molecule has 9 fully saturated rings. The van der Waals surface area contributed by atoms with Crippen LogP contribution in [0, 0.1) is 0 Å². The van der Waals surface area contributed by atoms with Crippen LogP contribution in [0.15, 0.2) is 79.4 Å². The van der Waals surface area contributed by atoms with E-state index >= 15 is 22.0 Å². The number of aliphatic hydroxyl groups is 1. The van der Waals surface area contributed by atoms with Gasteiger partial charge in [0, 0.05) is 0 Å². The van der Waals surface area contributed by atoms with E-state index in [-0.39, 0.29) is 84.8 Å². The summed E-state index contributed by atoms with van der Waals surface area (Å²) in [6.45, 7) is -30.0. The number of anilines is 3. The van der Waals surface area contributed by atoms with Crippen molar-refractivity contribution in [2.45, 2.75) is 146 Å². The molecule has 0 saturated carbocycles. The summed E-state index contributed by atoms with van der Waals surface area (Å²) in [7, 11) is 0. The molecule has 6 bridgehead atoms. The molecular formula is C59H63F5N28O30P6S7. The van der Waals surface area contributed by atoms with Crippen LogP contribution in [0.1, 0.15) is 36.5 Å². The first-order chi connectivity index (χ1) is 63.9. The number of hydrogen-bond donors (Lipinski definition) is 16. The molecule has 12 aromatic heterocycles. The zero-order valence-electron chi connectivity index (χ0n) is 66.4. The number of fused-ring (bicyclic) bond motifs is 15. The number of nitrogen functional groups attached to an aromatic ring is 3. The van der Waals surface area contributed by atoms with Gasteiger partial charge in [-0.1, -0.05) is 17.5 Å². The second kappa shape index (κ2) is 36.8. The van der Waals surface area contributed by atoms with Crippen molar-refractivity contribution in [1.82, 2.24) is 123 Å². The number of aliphatic hydroxyl groups excluding tert-OH is 1. The molecule has 9 aliphatic heterocycles. The molecule has 76 heteroatoms. The standard InChI is InChI=1S/C20H21F2N9O10P2S2.C20H22FN9O10P2S3.C19H20F2N10O10P2S2/c21-8-6-1-36-42(34,44)40-12-7(39-18(9(12)22)30-4-26-10-14(30)24-3-25-16(10)32)2-37-43(35,45)41-13(8)19(38-6)31-5-27-11-15(31)28-20(23)29-17(11)33;21-8-12-6(38-18(8)29-4-25-9-14(29)23-3-24-16(9)32)1-36-41(34,43)40-13-11(31)7(2-37-42(35,44)39-12)45-19(13)30-5-26-10-15(30)27-20(22)28-17(10)33;20-7-5-1-36-42(34,44)40-11-6(39-17(8(11)21)31-13-10(28-29-31)15(32)24-3-23-13)2-37-43(35,45)41-12(7)18(38-5)30-4-25-9-14(30)26-19(22)27-16(9)33/h3-9,12-13,18-19H,1-2H2,(H,34,44)(H,35,45)(H,24,25,32)(H3,23,28,29,33);3-8,11-13,18-19,31H,1-2H2,(H,34,43)(H,35,44)(H,23,24,32)(H3,22,27,28,33);3-8,11-12,17-18H,1-2H2,(H,34,44)(H,35,45)(H,23,24,32)(H3,22,26,27,33)/t6-,7-,8+,9+,12-,13-,18-,19-,42?,43?;6-,7-,8+,11-,12-,13-,18-,19-,41?,42?;5-,6-,7-,8+,11-,12-,17-,18-,42?,43?/m111/s1. The van der Waals surface area contributed by atoms with Gasteiger partial charge in [0.15, 0.2) is 129 Å². The normalized spacial score (nSPS) is 37.7. The molecule has 0 aromatic carbocycles. The van der Waals surface area contributed by atoms with Gasteiger partial charge in [-0.15, -0.1) is 16.9 Å². The molecule has 135 heavy (non-hydrogen) atoms. The molecule has 6 unspecified atom stereocenters. The number of nitrogens with one attached hydrogen (secondary N) is 6. The monoisotopic (exact) mass is 2150 g/mol. The highest BCUT2D eigenvalue weighted by Crippen LogP contribution is 2.62. The minimum Gasteiger partial charge on any atom is -0.389 e. The Bertz CT molecular complexity index is 6710. The van der Waals surface area contributed by atoms with Crippen molar-refractivity contribution in [2.24, 2.45) is 0 Å². The molecule has 0 radical (unpaired) electrons. The summed E-state index contributed by atoms with van der Waals surface area (Å²) < 4.78 is 195. The third kappa shape index (κ3) is 18.8. The first-order valence-corrected chi connectivity index (χ1v) is 55.1. The lowest BCUT2D eigenvalue weighted by Gasteiger charge is -2.28. The summed E-state index contributed by atoms with van der Waals surface area (Å²) in [5, 5.41) is 16.9. The quantitative estimate of drug-likeness (QED) is 0.0518. The van der Waals surface area contributed by atoms with Gasteiger partial charge >= 0.3 is 40.4 Å². The van der Waals surface area contributed by atoms with Crippen molar-refractivity contribution in [3.05, 3.63) is 113 Å². The van der Waals surface area contributed by atoms with Crippen molar-refractivity contribution in [3.63, 3.8) is 0 Å². The Morgan fingerprint density at radius 2 is 0.704 bits per heavy atom. The lowest BCUT2D eigenvalue weighted by atomic mass is 10.1. The number of nitrogens with zero attached hydrogens (tertiary/aromatic N) is 19. The second-order valence-corrected chi connectivity index (χ2v) is 48.2. The second-order valence-electron chi connectivity index (χ2n) is 30.0. The van der Waals surface area contributed by atoms with Crippen molar-refractivity contribution >= 4 is 208 Å². The first-order valence-electron chi connectivity index (χ1n) is 38.5. The van der Waals surface area contributed by atoms with E-state index in [2.05, 4.69) is 107 Å². The molecule has 21 rings (SSSR count). The van der Waals surface area contributed by atoms with Crippen LogP contribution in [0.5, 0.6) is 0 Å². The molecule has 12 aromatic rings. The SMILES string of the molecule is Nc1nc2c(ncn2[C@@H]2O[C@@H]3COP(O)(=S)O[C@H]4[C@H](F)[C@H](n5cnc6c(=O)[nH]cnc65)O[C@@H]4COP(O)(=S)O[C@@H]2[C@H]3F)c(=O)[nH]1.Nc1nc2c(ncn2[C@@H]2O[C@@H]3COP(O)(=S)O[C@H]4[C@H](F)[C@H](n5nnc6c(=O)[nH]cnc65)O[C@@H]4COP(=O)(S)O[C@@H]2[C@@H]3F)c(=O)[nH]1.Nc1nc2c(ncn2[C@@H]2S[C@@H]3COP(O)(=S)O[C@H]4[C@H](F)[C@H](n5cnc6c(=O)[nH]cnc65)O[C@@H]4COP(O)(=S)O[C@@H]2[C@@H]3O)c(=O)[nH]1. The van der Waals surface area contributed by atoms with Gasteiger partial charge in [0.1, 0.15) is 72.5 Å². The Kier molecular flexibility index (Phi) is 26.2. The molecule has 0 spiro atoms. The lowest BCUT2D eigenvalue weighted by Crippen LogP contribution is -2.35. The number of thioether (sulfide) groups is 1. The predicted octanol–water partition coefficient (Wildman–Crippen LogP) is -1.37. The van der Waals surface area contributed by atoms with E-state index in [1.165, 1.54) is 15.5 Å². The van der Waals surface area contributed by atoms with Crippen LogP contribution in [0.4, 0.5) is 39.8 Å². The van der Waals surface area contributed by atoms with E-state index in [4.69, 9.17) is 154 Å². The zero-order valence-corrected chi connectivity index (χ0v) is 77.6. The number of aromatic nitrogens is 25. The number of imidazole rings is 5. The molecule has 58 nitrogen and oxygen atoms in total. The number of nitrogens with two attached hydrogens (primary N) is 3. The lowest BCUT2D eigenvalue weighted by molar-refractivity contribution is -0.0599. The minimum atomic E-state index is -4.52. The molecule has 9 aliphatic rings. The third-order valence-corrected chi connectivity index (χ3v) is 32.5. The van der Waals surface area contributed by atoms with Crippen molar-refractivity contribution < 1.29 is 134 Å². The molecule has 21 heterocycles. The van der Waals surface area contributed by atoms with Crippen LogP contribution in [-0.2, 0) is 142 Å². The van der Waals surface area contributed by atoms with Crippen molar-refractivity contribution in [2.75, 3.05) is 56.8 Å². The molecule has 30 atom stereocenters. The van der Waals surface area contributed by atoms with E-state index in [1.807, 2.05) is 0 Å². The van der Waals surface area contributed by atoms with Crippen LogP contribution in [-0.4, -0.2) is 301 Å². The van der Waals surface area contributed by atoms with Gasteiger partial charge < -0.3 is 108 Å². The highest BCUT2D eigenvalue weighted by molar-refractivity contribution is 8.44. The van der Waals surface area contributed by atoms with E-state index in [0.29, 0.717) is 0 Å². The number of ether oxygens (including phenoxy) is 5. The maximum absolute atomic E-state index is 16.0. The average molecular weight is 2150 g/mol. The number of halogens is 5. The third-order valence-electron chi connectivity index (χ3n) is 21.5. The number of rotatable bonds is 6. The Morgan fingerprint density at radius 3 is 1.13 bits per heavy atom. The van der Waals surface area contributed by atoms with E-state index < -0.39 is 259 Å². The predicted molar refractivity (Wildman–Crippen MR) is 464 cm³/mol. The maximum atomic E-state index is 16.0. The van der Waals surface area contributed by atoms with Gasteiger partial charge in [0.05, 0.1) is 102 Å². The molecule has 726 valence electrons. The summed E-state index contributed by atoms with van der Waals surface area (Å²) in [6.07, 6.45) is -27.4. The highest BCUT2D eigenvalue weighted by atomic mass is 32.7. The van der Waals surface area contributed by atoms with Gasteiger partial charge in [-0.2, -0.15) is 19.6 Å². The number of hydrogen-bond acceptors (Lipinski definition) is 47. The number of alkyl halides is 5. The topological polar surface area (TPSA) is 768 Å². The smallest absolute Gasteiger partial charge is 0.386 e. The van der Waals surface area contributed by atoms with Crippen LogP contribution >= 0.6 is 64.4 Å². The summed E-state index contributed by atoms with van der Waals surface area (Å²) in [4.78, 5) is 186. The van der Waals surface area contributed by atoms with E-state index in [9.17, 15) is 62.9 Å². The van der Waals surface area contributed by atoms with Gasteiger partial charge in [0.25, 0.3) is 33.4 Å². The van der Waals surface area contributed by atoms with Crippen molar-refractivity contribution in [1.29, 1.82) is 0 Å². The first kappa shape index (κ1) is 96.2. The highest BCUT2D eigenvalue weighted by Gasteiger charge is 2.59. The molecule has 18 N–H and O–H groups in total. The van der Waals surface area contributed by atoms with Crippen LogP contribution in [0.25, 0.3) is 67.0 Å². The molecule has 0 aliphatic carbocycles. The fraction of sp³-hybridized carbons (Fsp3) is 0.508. The number of aromatic amines is 6. The Morgan fingerprint density at radius 1 is 0.385 bits per heavy atom. The Balaban J connectivity index is 0.000000130. The van der Waals surface area contributed by atoms with Gasteiger partial charge in [-0.05, 0) is 59.0 Å². The van der Waals surface area contributed by atoms with E-state index in [0.717, 1.165) is 74.4 Å². The summed E-state index contributed by atoms with van der Waals surface area (Å²) in [6, 6.07) is 0. The van der Waals surface area contributed by atoms with Crippen LogP contribution in [0.2, 0.25) is 0 Å². The molecular weight excluding hydrogens is 2090 g/mol. The molecule has 9 saturated heterocycles. The minimum absolute atomic E-state index is 0.00954. The summed E-state index contributed by atoms with van der Waals surface area (Å²) in [5.74, 6) is -0.728. The number of H-pyrrole nitrogens is 6. The largest absolute Gasteiger partial charge is 0.389 e. The van der Waals surface area contributed by atoms with E-state index in [1.54, 1.807) is 0 Å². The Hall–Kier alpha value is -7.66. The fourth-order valence-electron chi connectivity index (χ4n) is 15.6. The van der Waals surface area contributed by atoms with Crippen molar-refractivity contribution in [3.8, 4) is 0 Å². The fourth-order valence-corrected chi connectivity index (χ4v) is 25.8. The van der Waals surface area contributed by atoms with Gasteiger partial charge in [0.2, 0.25) is 17.8 Å². The Labute approximate surface area is 775 Å². The average Bonchev–Trinajstić information content (AvgIpc) is 1.63. The summed E-state index contributed by atoms with van der Waals surface area (Å²) >= 11 is 30.8. The summed E-state index contributed by atoms with van der Waals surface area (Å²) in [5.41, 5.74) is 12.3. The zero-order chi connectivity index (χ0) is 95.5. The van der Waals surface area contributed by atoms with Crippen LogP contribution in [0.3, 0.4) is 0 Å². The number of thiol groups is 1. The molecule has 0 amide bonds. The van der Waals surface area contributed by atoms with Gasteiger partial charge in [-0.25, -0.2) is 66.4 Å². The van der Waals surface area contributed by atoms with Gasteiger partial charge in [-0.3, -0.25) is 98.2 Å².